The van der Waals surface area contributed by atoms with Gasteiger partial charge in [0.25, 0.3) is 5.69 Å². The highest BCUT2D eigenvalue weighted by atomic mass is 32.1. The number of nitrogens with one attached hydrogen (secondary N) is 1. The Morgan fingerprint density at radius 1 is 1.35 bits per heavy atom. The third kappa shape index (κ3) is 3.63. The number of nitrogens with zero attached hydrogens (tertiary/aromatic N) is 1. The predicted molar refractivity (Wildman–Crippen MR) is 78.7 cm³/mol. The summed E-state index contributed by atoms with van der Waals surface area (Å²) < 4.78 is 0. The summed E-state index contributed by atoms with van der Waals surface area (Å²) in [4.78, 5) is 11.0. The third-order valence-electron chi connectivity index (χ3n) is 3.00. The SMILES string of the molecule is CC(O)(CNCc1ccc([N+](=O)[O-])cc1)c1cccs1. The predicted octanol–water partition coefficient (Wildman–Crippen LogP) is 2.65. The average molecular weight is 292 g/mol. The van der Waals surface area contributed by atoms with Gasteiger partial charge in [0.05, 0.1) is 4.92 Å². The minimum atomic E-state index is -0.908. The fraction of sp³-hybridized carbons (Fsp3) is 0.286. The summed E-state index contributed by atoms with van der Waals surface area (Å²) in [6, 6.07) is 10.2. The molecular formula is C14H16N2O3S. The lowest BCUT2D eigenvalue weighted by Gasteiger charge is -2.22. The van der Waals surface area contributed by atoms with E-state index in [1.54, 1.807) is 19.1 Å². The van der Waals surface area contributed by atoms with Crippen molar-refractivity contribution < 1.29 is 10.0 Å². The van der Waals surface area contributed by atoms with E-state index >= 15 is 0 Å². The van der Waals surface area contributed by atoms with Gasteiger partial charge in [0.15, 0.2) is 0 Å². The van der Waals surface area contributed by atoms with Gasteiger partial charge < -0.3 is 10.4 Å². The lowest BCUT2D eigenvalue weighted by molar-refractivity contribution is -0.384. The van der Waals surface area contributed by atoms with Gasteiger partial charge in [-0.1, -0.05) is 18.2 Å². The van der Waals surface area contributed by atoms with Gasteiger partial charge in [0, 0.05) is 30.1 Å². The lowest BCUT2D eigenvalue weighted by Crippen LogP contribution is -2.34. The highest BCUT2D eigenvalue weighted by Crippen LogP contribution is 2.24. The number of non-ortho nitro benzene ring substituents is 1. The van der Waals surface area contributed by atoms with Crippen LogP contribution in [0.3, 0.4) is 0 Å². The minimum Gasteiger partial charge on any atom is -0.383 e. The molecule has 0 aliphatic rings. The van der Waals surface area contributed by atoms with E-state index in [1.165, 1.54) is 23.5 Å². The van der Waals surface area contributed by atoms with Gasteiger partial charge in [0.1, 0.15) is 5.60 Å². The van der Waals surface area contributed by atoms with Crippen LogP contribution in [0, 0.1) is 10.1 Å². The summed E-state index contributed by atoms with van der Waals surface area (Å²) in [6.45, 7) is 2.74. The standard InChI is InChI=1S/C14H16N2O3S/c1-14(17,13-3-2-8-20-13)10-15-9-11-4-6-12(7-5-11)16(18)19/h2-8,15,17H,9-10H2,1H3. The number of nitro benzene ring substituents is 1. The summed E-state index contributed by atoms with van der Waals surface area (Å²) in [5.41, 5.74) is 0.117. The first-order valence-corrected chi connectivity index (χ1v) is 7.07. The van der Waals surface area contributed by atoms with Gasteiger partial charge in [-0.05, 0) is 23.9 Å². The van der Waals surface area contributed by atoms with Crippen LogP contribution in [0.4, 0.5) is 5.69 Å². The van der Waals surface area contributed by atoms with Crippen LogP contribution < -0.4 is 5.32 Å². The molecular weight excluding hydrogens is 276 g/mol. The molecule has 1 aromatic carbocycles. The number of hydrogen-bond donors (Lipinski definition) is 2. The highest BCUT2D eigenvalue weighted by Gasteiger charge is 2.23. The fourth-order valence-electron chi connectivity index (χ4n) is 1.86. The smallest absolute Gasteiger partial charge is 0.269 e. The molecule has 1 unspecified atom stereocenters. The second-order valence-corrected chi connectivity index (χ2v) is 5.73. The number of aliphatic hydroxyl groups is 1. The molecule has 20 heavy (non-hydrogen) atoms. The molecule has 0 radical (unpaired) electrons. The normalized spacial score (nSPS) is 13.9. The van der Waals surface area contributed by atoms with Crippen molar-refractivity contribution >= 4 is 17.0 Å². The Morgan fingerprint density at radius 3 is 2.60 bits per heavy atom. The van der Waals surface area contributed by atoms with Gasteiger partial charge in [-0.15, -0.1) is 11.3 Å². The van der Waals surface area contributed by atoms with E-state index in [1.807, 2.05) is 17.5 Å². The molecule has 0 saturated heterocycles. The van der Waals surface area contributed by atoms with Crippen molar-refractivity contribution in [2.45, 2.75) is 19.1 Å². The van der Waals surface area contributed by atoms with Gasteiger partial charge in [-0.3, -0.25) is 10.1 Å². The van der Waals surface area contributed by atoms with Crippen LogP contribution in [-0.2, 0) is 12.1 Å². The molecule has 0 spiro atoms. The summed E-state index contributed by atoms with van der Waals surface area (Å²) >= 11 is 1.52. The van der Waals surface area contributed by atoms with Crippen molar-refractivity contribution in [1.29, 1.82) is 0 Å². The van der Waals surface area contributed by atoms with Crippen LogP contribution in [-0.4, -0.2) is 16.6 Å². The van der Waals surface area contributed by atoms with E-state index in [4.69, 9.17) is 0 Å². The summed E-state index contributed by atoms with van der Waals surface area (Å²) in [5.74, 6) is 0. The Bertz CT molecular complexity index is 565. The quantitative estimate of drug-likeness (QED) is 0.634. The zero-order chi connectivity index (χ0) is 14.6. The van der Waals surface area contributed by atoms with Gasteiger partial charge in [0.2, 0.25) is 0 Å². The molecule has 0 aliphatic heterocycles. The van der Waals surface area contributed by atoms with Crippen molar-refractivity contribution in [2.75, 3.05) is 6.54 Å². The molecule has 0 aliphatic carbocycles. The zero-order valence-corrected chi connectivity index (χ0v) is 11.9. The van der Waals surface area contributed by atoms with E-state index in [2.05, 4.69) is 5.32 Å². The number of thiophene rings is 1. The maximum atomic E-state index is 10.5. The number of nitro groups is 1. The molecule has 6 heteroatoms. The molecule has 1 aromatic heterocycles. The third-order valence-corrected chi connectivity index (χ3v) is 4.12. The Morgan fingerprint density at radius 2 is 2.05 bits per heavy atom. The van der Waals surface area contributed by atoms with Crippen LogP contribution in [0.25, 0.3) is 0 Å². The Labute approximate surface area is 121 Å². The Balaban J connectivity index is 1.88. The molecule has 2 rings (SSSR count). The zero-order valence-electron chi connectivity index (χ0n) is 11.1. The first-order valence-electron chi connectivity index (χ1n) is 6.19. The minimum absolute atomic E-state index is 0.0827. The van der Waals surface area contributed by atoms with E-state index in [9.17, 15) is 15.2 Å². The van der Waals surface area contributed by atoms with E-state index in [0.29, 0.717) is 13.1 Å². The van der Waals surface area contributed by atoms with E-state index in [0.717, 1.165) is 10.4 Å². The molecule has 1 atom stereocenters. The first-order chi connectivity index (χ1) is 9.49. The molecule has 0 amide bonds. The maximum absolute atomic E-state index is 10.5. The van der Waals surface area contributed by atoms with Crippen LogP contribution in [0.15, 0.2) is 41.8 Å². The molecule has 2 N–H and O–H groups in total. The van der Waals surface area contributed by atoms with Crippen molar-refractivity contribution in [1.82, 2.24) is 5.32 Å². The molecule has 106 valence electrons. The van der Waals surface area contributed by atoms with E-state index in [-0.39, 0.29) is 5.69 Å². The summed E-state index contributed by atoms with van der Waals surface area (Å²) in [5, 5.41) is 26.0. The number of benzene rings is 1. The molecule has 2 aromatic rings. The summed E-state index contributed by atoms with van der Waals surface area (Å²) in [6.07, 6.45) is 0. The highest BCUT2D eigenvalue weighted by molar-refractivity contribution is 7.10. The van der Waals surface area contributed by atoms with Crippen molar-refractivity contribution in [3.63, 3.8) is 0 Å². The van der Waals surface area contributed by atoms with Crippen LogP contribution in [0.5, 0.6) is 0 Å². The molecule has 1 heterocycles. The Hall–Kier alpha value is -1.76. The van der Waals surface area contributed by atoms with Crippen molar-refractivity contribution in [3.8, 4) is 0 Å². The molecule has 5 nitrogen and oxygen atoms in total. The number of rotatable bonds is 6. The maximum Gasteiger partial charge on any atom is 0.269 e. The van der Waals surface area contributed by atoms with Crippen LogP contribution >= 0.6 is 11.3 Å². The van der Waals surface area contributed by atoms with Crippen LogP contribution in [0.1, 0.15) is 17.4 Å². The van der Waals surface area contributed by atoms with Gasteiger partial charge >= 0.3 is 0 Å². The lowest BCUT2D eigenvalue weighted by atomic mass is 10.1. The molecule has 0 fully saturated rings. The fourth-order valence-corrected chi connectivity index (χ4v) is 2.64. The van der Waals surface area contributed by atoms with Crippen molar-refractivity contribution in [2.24, 2.45) is 0 Å². The molecule has 0 bridgehead atoms. The largest absolute Gasteiger partial charge is 0.383 e. The topological polar surface area (TPSA) is 75.4 Å². The average Bonchev–Trinajstić information content (AvgIpc) is 2.94. The number of hydrogen-bond acceptors (Lipinski definition) is 5. The molecule has 0 saturated carbocycles. The van der Waals surface area contributed by atoms with Crippen LogP contribution in [0.2, 0.25) is 0 Å². The second-order valence-electron chi connectivity index (χ2n) is 4.78. The monoisotopic (exact) mass is 292 g/mol. The second kappa shape index (κ2) is 6.13. The van der Waals surface area contributed by atoms with Crippen molar-refractivity contribution in [3.05, 3.63) is 62.3 Å². The van der Waals surface area contributed by atoms with Gasteiger partial charge in [-0.2, -0.15) is 0 Å². The van der Waals surface area contributed by atoms with E-state index < -0.39 is 10.5 Å². The van der Waals surface area contributed by atoms with Gasteiger partial charge in [-0.25, -0.2) is 0 Å². The summed E-state index contributed by atoms with van der Waals surface area (Å²) in [7, 11) is 0. The Kier molecular flexibility index (Phi) is 4.49. The first kappa shape index (κ1) is 14.6.